The summed E-state index contributed by atoms with van der Waals surface area (Å²) in [6, 6.07) is 0. The average molecular weight is 106 g/mol. The molecule has 0 aromatic carbocycles. The van der Waals surface area contributed by atoms with Crippen molar-refractivity contribution in [2.45, 2.75) is 0 Å². The largest absolute Gasteiger partial charge is 0.444 e. The van der Waals surface area contributed by atoms with Crippen molar-refractivity contribution in [3.8, 4) is 0 Å². The highest BCUT2D eigenvalue weighted by Gasteiger charge is 1.60. The molecule has 0 atom stereocenters. The zero-order valence-corrected chi connectivity index (χ0v) is 3.38. The van der Waals surface area contributed by atoms with Gasteiger partial charge in [-0.3, -0.25) is 0 Å². The molecule has 0 saturated carbocycles. The quantitative estimate of drug-likeness (QED) is 0.235. The third-order valence-electron chi connectivity index (χ3n) is 0.103. The SMILES string of the molecule is [N-]=[N+]=[N+]=S(=O)=O. The van der Waals surface area contributed by atoms with E-state index in [1.165, 1.54) is 0 Å². The van der Waals surface area contributed by atoms with Crippen LogP contribution in [0, 0.1) is 0 Å². The Morgan fingerprint density at radius 2 is 2.00 bits per heavy atom. The molecular weight excluding hydrogens is 106 g/mol. The van der Waals surface area contributed by atoms with Gasteiger partial charge in [0.15, 0.2) is 0 Å². The molecule has 6 heavy (non-hydrogen) atoms. The van der Waals surface area contributed by atoms with Crippen LogP contribution in [0.4, 0.5) is 0 Å². The van der Waals surface area contributed by atoms with Crippen LogP contribution in [0.2, 0.25) is 0 Å². The molecule has 6 heteroatoms. The van der Waals surface area contributed by atoms with Crippen molar-refractivity contribution in [2.75, 3.05) is 0 Å². The Balaban J connectivity index is 5.25. The number of rotatable bonds is 0. The first-order valence-corrected chi connectivity index (χ1v) is 1.95. The molecule has 0 aromatic rings. The van der Waals surface area contributed by atoms with E-state index in [1.807, 2.05) is 4.91 Å². The monoisotopic (exact) mass is 106 g/mol. The molecule has 0 spiro atoms. The first-order chi connectivity index (χ1) is 2.77. The minimum atomic E-state index is -2.61. The highest BCUT2D eigenvalue weighted by atomic mass is 32.2. The molecule has 0 aliphatic rings. The Morgan fingerprint density at radius 1 is 1.50 bits per heavy atom. The highest BCUT2D eigenvalue weighted by Crippen LogP contribution is 1.29. The maximum atomic E-state index is 9.18. The van der Waals surface area contributed by atoms with Gasteiger partial charge < -0.3 is 0 Å². The maximum absolute atomic E-state index is 9.18. The summed E-state index contributed by atoms with van der Waals surface area (Å²) in [7, 11) is -2.61. The van der Waals surface area contributed by atoms with Gasteiger partial charge in [0.25, 0.3) is 0 Å². The lowest BCUT2D eigenvalue weighted by Crippen LogP contribution is -1.53. The second-order valence-electron chi connectivity index (χ2n) is 0.388. The predicted octanol–water partition coefficient (Wildman–Crippen LogP) is -0.573. The molecule has 0 saturated heterocycles. The average Bonchev–Trinajstić information content (AvgIpc) is 1.35. The van der Waals surface area contributed by atoms with Gasteiger partial charge in [0.2, 0.25) is 0 Å². The predicted molar refractivity (Wildman–Crippen MR) is 17.8 cm³/mol. The first kappa shape index (κ1) is 5.04. The molecule has 0 fully saturated rings. The summed E-state index contributed by atoms with van der Waals surface area (Å²) in [6.45, 7) is 0. The van der Waals surface area contributed by atoms with E-state index in [4.69, 9.17) is 5.53 Å². The Labute approximate surface area is 34.6 Å². The summed E-state index contributed by atoms with van der Waals surface area (Å²) < 4.78 is 20.6. The lowest BCUT2D eigenvalue weighted by Gasteiger charge is -1.15. The maximum Gasteiger partial charge on any atom is 0.444 e. The molecule has 5 nitrogen and oxygen atoms in total. The van der Waals surface area contributed by atoms with Crippen LogP contribution in [0.5, 0.6) is 0 Å². The van der Waals surface area contributed by atoms with Gasteiger partial charge in [-0.15, -0.1) is 8.42 Å². The van der Waals surface area contributed by atoms with Gasteiger partial charge in [0.1, 0.15) is 4.16 Å². The Morgan fingerprint density at radius 3 is 2.00 bits per heavy atom. The Bertz CT molecular complexity index is 191. The molecule has 0 unspecified atom stereocenters. The van der Waals surface area contributed by atoms with E-state index in [2.05, 4.69) is 4.16 Å². The van der Waals surface area contributed by atoms with Gasteiger partial charge in [-0.2, -0.15) is 0 Å². The molecule has 0 aliphatic heterocycles. The lowest BCUT2D eigenvalue weighted by molar-refractivity contribution is 0.621. The molecule has 0 radical (unpaired) electrons. The standard InChI is InChI=1S/N3O2S/c1-2-3-6(4)5/q+1. The van der Waals surface area contributed by atoms with Crippen molar-refractivity contribution in [3.05, 3.63) is 10.4 Å². The molecular formula is N3O2S+. The minimum Gasteiger partial charge on any atom is -0.145 e. The van der Waals surface area contributed by atoms with Gasteiger partial charge in [-0.1, -0.05) is 0 Å². The van der Waals surface area contributed by atoms with Crippen molar-refractivity contribution in [1.82, 2.24) is 4.16 Å². The molecule has 32 valence electrons. The van der Waals surface area contributed by atoms with Crippen molar-refractivity contribution >= 4 is 10.5 Å². The summed E-state index contributed by atoms with van der Waals surface area (Å²) >= 11 is 0. The van der Waals surface area contributed by atoms with Crippen molar-refractivity contribution in [1.29, 1.82) is 0 Å². The fourth-order valence-corrected chi connectivity index (χ4v) is 0.0894. The van der Waals surface area contributed by atoms with E-state index in [1.54, 1.807) is 0 Å². The van der Waals surface area contributed by atoms with Crippen LogP contribution in [0.1, 0.15) is 0 Å². The highest BCUT2D eigenvalue weighted by molar-refractivity contribution is 7.61. The fourth-order valence-electron chi connectivity index (χ4n) is 0.0298. The zero-order valence-electron chi connectivity index (χ0n) is 2.57. The topological polar surface area (TPSA) is 84.6 Å². The Hall–Kier alpha value is -0.960. The van der Waals surface area contributed by atoms with Gasteiger partial charge >= 0.3 is 20.9 Å². The molecule has 0 aliphatic carbocycles. The van der Waals surface area contributed by atoms with Crippen LogP contribution in [0.3, 0.4) is 0 Å². The van der Waals surface area contributed by atoms with E-state index < -0.39 is 10.5 Å². The van der Waals surface area contributed by atoms with E-state index >= 15 is 0 Å². The van der Waals surface area contributed by atoms with Crippen LogP contribution in [0.15, 0.2) is 0 Å². The van der Waals surface area contributed by atoms with Crippen LogP contribution in [0.25, 0.3) is 10.4 Å². The molecule has 0 N–H and O–H groups in total. The summed E-state index contributed by atoms with van der Waals surface area (Å²) in [6.07, 6.45) is 0. The van der Waals surface area contributed by atoms with E-state index in [0.717, 1.165) is 0 Å². The second-order valence-corrected chi connectivity index (χ2v) is 0.986. The van der Waals surface area contributed by atoms with E-state index in [0.29, 0.717) is 0 Å². The normalized spacial score (nSPS) is 5.33. The number of hydrogen-bond acceptors (Lipinski definition) is 2. The van der Waals surface area contributed by atoms with Crippen molar-refractivity contribution in [3.63, 3.8) is 0 Å². The lowest BCUT2D eigenvalue weighted by atomic mass is 13.0. The smallest absolute Gasteiger partial charge is 0.145 e. The van der Waals surface area contributed by atoms with Crippen molar-refractivity contribution < 1.29 is 8.42 Å². The van der Waals surface area contributed by atoms with Crippen molar-refractivity contribution in [2.24, 2.45) is 0 Å². The first-order valence-electron chi connectivity index (χ1n) is 0.916. The summed E-state index contributed by atoms with van der Waals surface area (Å²) in [5.74, 6) is 0. The van der Waals surface area contributed by atoms with Gasteiger partial charge in [0, 0.05) is 0 Å². The Kier molecular flexibility index (Phi) is 1.92. The molecule has 0 aromatic heterocycles. The van der Waals surface area contributed by atoms with Crippen LogP contribution < -0.4 is 4.16 Å². The molecule has 0 amide bonds. The van der Waals surface area contributed by atoms with Crippen LogP contribution in [-0.4, -0.2) is 8.42 Å². The minimum absolute atomic E-state index is 1.95. The summed E-state index contributed by atoms with van der Waals surface area (Å²) in [5, 5.41) is 0. The van der Waals surface area contributed by atoms with Crippen LogP contribution in [-0.2, 0) is 10.5 Å². The fraction of sp³-hybridized carbons (Fsp3) is 0. The third kappa shape index (κ3) is 3.04. The zero-order chi connectivity index (χ0) is 4.99. The third-order valence-corrected chi connectivity index (χ3v) is 0.310. The summed E-state index contributed by atoms with van der Waals surface area (Å²) in [5.41, 5.74) is 7.30. The van der Waals surface area contributed by atoms with Gasteiger partial charge in [0.05, 0.1) is 0 Å². The van der Waals surface area contributed by atoms with Crippen LogP contribution >= 0.6 is 0 Å². The molecule has 0 bridgehead atoms. The van der Waals surface area contributed by atoms with E-state index in [-0.39, 0.29) is 0 Å². The summed E-state index contributed by atoms with van der Waals surface area (Å²) in [4.78, 5) is 1.95. The number of nitrogens with zero attached hydrogens (tertiary/aromatic N) is 3. The number of hydrogen-bond donors (Lipinski definition) is 0. The van der Waals surface area contributed by atoms with Gasteiger partial charge in [-0.25, -0.2) is 0 Å². The van der Waals surface area contributed by atoms with E-state index in [9.17, 15) is 8.42 Å². The molecule has 0 rings (SSSR count). The van der Waals surface area contributed by atoms with Gasteiger partial charge in [-0.05, 0) is 0 Å². The molecule has 0 heterocycles. The second kappa shape index (κ2) is 2.29.